The Bertz CT molecular complexity index is 1700. The summed E-state index contributed by atoms with van der Waals surface area (Å²) < 4.78 is 37.5. The fourth-order valence-electron chi connectivity index (χ4n) is 3.60. The van der Waals surface area contributed by atoms with E-state index in [1.54, 1.807) is 36.4 Å². The van der Waals surface area contributed by atoms with Crippen molar-refractivity contribution in [3.63, 3.8) is 0 Å². The number of benzene rings is 4. The molecule has 0 saturated carbocycles. The molecule has 0 atom stereocenters. The van der Waals surface area contributed by atoms with Gasteiger partial charge in [-0.25, -0.2) is 0 Å². The van der Waals surface area contributed by atoms with Crippen LogP contribution in [0.25, 0.3) is 10.8 Å². The van der Waals surface area contributed by atoms with Crippen molar-refractivity contribution in [1.82, 2.24) is 0 Å². The van der Waals surface area contributed by atoms with Gasteiger partial charge in [-0.2, -0.15) is 13.5 Å². The Labute approximate surface area is 250 Å². The molecule has 4 aromatic rings. The molecule has 38 heavy (non-hydrogen) atoms. The molecule has 190 valence electrons. The van der Waals surface area contributed by atoms with E-state index in [4.69, 9.17) is 27.9 Å². The minimum absolute atomic E-state index is 0. The summed E-state index contributed by atoms with van der Waals surface area (Å²) in [7, 11) is -3.01. The van der Waals surface area contributed by atoms with E-state index in [9.17, 15) is 22.9 Å². The monoisotopic (exact) mass is 581 g/mol. The Morgan fingerprint density at radius 1 is 1.03 bits per heavy atom. The first-order chi connectivity index (χ1) is 17.5. The minimum atomic E-state index is -4.49. The molecular formula is C25H18Cl2N3NaO6S. The second-order valence-corrected chi connectivity index (χ2v) is 10.1. The van der Waals surface area contributed by atoms with Gasteiger partial charge in [-0.3, -0.25) is 9.35 Å². The van der Waals surface area contributed by atoms with E-state index in [1.807, 2.05) is 0 Å². The Balaban J connectivity index is 0.00000400. The second kappa shape index (κ2) is 12.0. The summed E-state index contributed by atoms with van der Waals surface area (Å²) >= 11 is 12.4. The molecule has 2 N–H and O–H groups in total. The quantitative estimate of drug-likeness (QED) is 0.203. The minimum Gasteiger partial charge on any atom is -0.870 e. The number of fused-ring (bicyclic) bond motifs is 1. The van der Waals surface area contributed by atoms with Gasteiger partial charge in [0.25, 0.3) is 16.0 Å². The molecular weight excluding hydrogens is 564 g/mol. The number of halogens is 2. The molecule has 0 aromatic heterocycles. The number of nitrogens with zero attached hydrogens (tertiary/aromatic N) is 2. The Morgan fingerprint density at radius 2 is 1.74 bits per heavy atom. The number of ether oxygens (including phenoxy) is 1. The zero-order valence-electron chi connectivity index (χ0n) is 20.3. The van der Waals surface area contributed by atoms with E-state index in [2.05, 4.69) is 15.5 Å². The Hall–Kier alpha value is -2.70. The molecule has 1 amide bonds. The van der Waals surface area contributed by atoms with Crippen molar-refractivity contribution in [3.8, 4) is 11.5 Å². The van der Waals surface area contributed by atoms with Gasteiger partial charge in [0.1, 0.15) is 11.4 Å². The largest absolute Gasteiger partial charge is 1.00 e. The predicted molar refractivity (Wildman–Crippen MR) is 140 cm³/mol. The van der Waals surface area contributed by atoms with E-state index < -0.39 is 21.8 Å². The number of carbonyl (C=O) groups is 1. The van der Waals surface area contributed by atoms with Crippen molar-refractivity contribution in [2.75, 3.05) is 12.4 Å². The van der Waals surface area contributed by atoms with E-state index in [0.29, 0.717) is 16.5 Å². The number of aryl methyl sites for hydroxylation is 1. The molecule has 0 aliphatic heterocycles. The third-order valence-electron chi connectivity index (χ3n) is 5.42. The number of nitrogens with one attached hydrogen (secondary N) is 1. The SMILES string of the molecule is COc1ccc(NC(=O)c2cc3ccccc3c(N=Nc3cc(C)c(S(=O)(=O)O)cc3Cl)c2[O-])c(Cl)c1.[Na+]. The van der Waals surface area contributed by atoms with E-state index in [-0.39, 0.29) is 72.7 Å². The summed E-state index contributed by atoms with van der Waals surface area (Å²) in [6, 6.07) is 15.3. The predicted octanol–water partition coefficient (Wildman–Crippen LogP) is 3.46. The van der Waals surface area contributed by atoms with Gasteiger partial charge in [-0.05, 0) is 48.2 Å². The van der Waals surface area contributed by atoms with Crippen LogP contribution in [0.3, 0.4) is 0 Å². The van der Waals surface area contributed by atoms with Crippen LogP contribution in [0.2, 0.25) is 10.0 Å². The summed E-state index contributed by atoms with van der Waals surface area (Å²) in [6.07, 6.45) is 0. The number of anilines is 1. The van der Waals surface area contributed by atoms with Crippen molar-refractivity contribution >= 4 is 67.1 Å². The molecule has 9 nitrogen and oxygen atoms in total. The molecule has 0 heterocycles. The van der Waals surface area contributed by atoms with Crippen molar-refractivity contribution in [1.29, 1.82) is 0 Å². The number of carbonyl (C=O) groups excluding carboxylic acids is 1. The Kier molecular flexibility index (Phi) is 9.43. The van der Waals surface area contributed by atoms with Crippen molar-refractivity contribution in [3.05, 3.63) is 81.8 Å². The van der Waals surface area contributed by atoms with E-state index in [1.165, 1.54) is 32.2 Å². The van der Waals surface area contributed by atoms with Crippen LogP contribution in [-0.2, 0) is 10.1 Å². The third-order valence-corrected chi connectivity index (χ3v) is 7.04. The molecule has 0 aliphatic carbocycles. The summed E-state index contributed by atoms with van der Waals surface area (Å²) in [5.41, 5.74) is 0.219. The molecule has 0 aliphatic rings. The normalized spacial score (nSPS) is 11.4. The Morgan fingerprint density at radius 3 is 2.39 bits per heavy atom. The molecule has 0 bridgehead atoms. The molecule has 0 radical (unpaired) electrons. The summed E-state index contributed by atoms with van der Waals surface area (Å²) in [5.74, 6) is -0.892. The first-order valence-electron chi connectivity index (χ1n) is 10.6. The van der Waals surface area contributed by atoms with Gasteiger partial charge in [0.05, 0.1) is 33.4 Å². The first-order valence-corrected chi connectivity index (χ1v) is 12.8. The fraction of sp³-hybridized carbons (Fsp3) is 0.0800. The van der Waals surface area contributed by atoms with Crippen LogP contribution in [0.5, 0.6) is 11.5 Å². The number of amides is 1. The van der Waals surface area contributed by atoms with Gasteiger partial charge in [-0.15, -0.1) is 5.11 Å². The number of methoxy groups -OCH3 is 1. The molecule has 4 rings (SSSR count). The number of hydrogen-bond acceptors (Lipinski definition) is 7. The summed E-state index contributed by atoms with van der Waals surface area (Å²) in [6.45, 7) is 1.45. The molecule has 4 aromatic carbocycles. The fourth-order valence-corrected chi connectivity index (χ4v) is 4.81. The molecule has 13 heteroatoms. The van der Waals surface area contributed by atoms with Crippen LogP contribution in [-0.4, -0.2) is 26.0 Å². The number of azo groups is 1. The average molecular weight is 582 g/mol. The standard InChI is InChI=1S/C25H19Cl2N3O6S.Na/c1-13-9-21(19(27)12-22(13)37(33,34)35)29-30-23-16-6-4-3-5-14(16)10-17(24(23)31)25(32)28-20-8-7-15(36-2)11-18(20)26;/h3-12,31H,1-2H3,(H,28,32)(H,33,34,35);/q;+1/p-1. The number of hydrogen-bond donors (Lipinski definition) is 2. The molecule has 0 unspecified atom stereocenters. The first kappa shape index (κ1) is 29.9. The number of rotatable bonds is 6. The molecule has 0 spiro atoms. The van der Waals surface area contributed by atoms with Crippen LogP contribution in [0.4, 0.5) is 17.1 Å². The van der Waals surface area contributed by atoms with Crippen molar-refractivity contribution < 1.29 is 57.2 Å². The molecule has 0 saturated heterocycles. The van der Waals surface area contributed by atoms with Crippen LogP contribution >= 0.6 is 23.2 Å². The van der Waals surface area contributed by atoms with Crippen molar-refractivity contribution in [2.24, 2.45) is 10.2 Å². The van der Waals surface area contributed by atoms with Gasteiger partial charge < -0.3 is 15.2 Å². The second-order valence-electron chi connectivity index (χ2n) is 7.87. The zero-order chi connectivity index (χ0) is 26.9. The smallest absolute Gasteiger partial charge is 0.870 e. The van der Waals surface area contributed by atoms with Crippen LogP contribution in [0.1, 0.15) is 15.9 Å². The summed E-state index contributed by atoms with van der Waals surface area (Å²) in [4.78, 5) is 12.7. The molecule has 0 fully saturated rings. The van der Waals surface area contributed by atoms with Crippen molar-refractivity contribution in [2.45, 2.75) is 11.8 Å². The van der Waals surface area contributed by atoms with E-state index in [0.717, 1.165) is 6.07 Å². The maximum atomic E-state index is 13.3. The summed E-state index contributed by atoms with van der Waals surface area (Å²) in [5, 5.41) is 25.2. The van der Waals surface area contributed by atoms with Gasteiger partial charge in [0.15, 0.2) is 0 Å². The topological polar surface area (TPSA) is 140 Å². The van der Waals surface area contributed by atoms with Gasteiger partial charge >= 0.3 is 29.6 Å². The van der Waals surface area contributed by atoms with Gasteiger partial charge in [0, 0.05) is 17.0 Å². The van der Waals surface area contributed by atoms with E-state index >= 15 is 0 Å². The van der Waals surface area contributed by atoms with Gasteiger partial charge in [-0.1, -0.05) is 53.2 Å². The average Bonchev–Trinajstić information content (AvgIpc) is 2.85. The van der Waals surface area contributed by atoms with Crippen LogP contribution < -0.4 is 44.7 Å². The van der Waals surface area contributed by atoms with Gasteiger partial charge in [0.2, 0.25) is 0 Å². The maximum absolute atomic E-state index is 13.3. The zero-order valence-corrected chi connectivity index (χ0v) is 24.6. The van der Waals surface area contributed by atoms with Crippen LogP contribution in [0.15, 0.2) is 75.8 Å². The maximum Gasteiger partial charge on any atom is 1.00 e. The van der Waals surface area contributed by atoms with Crippen LogP contribution in [0, 0.1) is 6.92 Å². The third kappa shape index (κ3) is 6.29.